The molecule has 0 saturated carbocycles. The number of rotatable bonds is 5. The number of benzene rings is 2. The van der Waals surface area contributed by atoms with Crippen molar-refractivity contribution < 1.29 is 14.3 Å². The maximum atomic E-state index is 12.0. The molecule has 1 aromatic heterocycles. The average Bonchev–Trinajstić information content (AvgIpc) is 3.32. The van der Waals surface area contributed by atoms with Gasteiger partial charge in [0.25, 0.3) is 0 Å². The molecule has 4 rings (SSSR count). The van der Waals surface area contributed by atoms with Gasteiger partial charge in [-0.1, -0.05) is 30.0 Å². The molecule has 3 aromatic rings. The summed E-state index contributed by atoms with van der Waals surface area (Å²) in [5.74, 6) is 12.1. The third-order valence-electron chi connectivity index (χ3n) is 4.39. The molecule has 0 spiro atoms. The van der Waals surface area contributed by atoms with Crippen LogP contribution in [0.25, 0.3) is 0 Å². The van der Waals surface area contributed by atoms with Crippen LogP contribution in [0.1, 0.15) is 22.6 Å². The van der Waals surface area contributed by atoms with Crippen molar-refractivity contribution in [1.82, 2.24) is 16.0 Å². The molecule has 0 amide bonds. The summed E-state index contributed by atoms with van der Waals surface area (Å²) in [7, 11) is 0. The molecule has 1 aliphatic heterocycles. The lowest BCUT2D eigenvalue weighted by molar-refractivity contribution is 0.215. The van der Waals surface area contributed by atoms with Crippen molar-refractivity contribution in [2.24, 2.45) is 0 Å². The molecule has 7 heteroatoms. The maximum Gasteiger partial charge on any atom is 0.227 e. The van der Waals surface area contributed by atoms with Crippen LogP contribution in [-0.4, -0.2) is 10.1 Å². The lowest BCUT2D eigenvalue weighted by Gasteiger charge is -2.15. The fraction of sp³-hybridized carbons (Fsp3) is 0.0800. The van der Waals surface area contributed by atoms with Gasteiger partial charge in [-0.05, 0) is 48.2 Å². The van der Waals surface area contributed by atoms with E-state index in [0.29, 0.717) is 18.1 Å². The minimum atomic E-state index is -0.525. The van der Waals surface area contributed by atoms with Crippen molar-refractivity contribution in [3.8, 4) is 35.2 Å². The second-order valence-corrected chi connectivity index (χ2v) is 6.73. The first kappa shape index (κ1) is 20.7. The quantitative estimate of drug-likeness (QED) is 0.542. The van der Waals surface area contributed by atoms with Crippen molar-refractivity contribution in [3.63, 3.8) is 0 Å². The summed E-state index contributed by atoms with van der Waals surface area (Å²) in [6.45, 7) is 0.205. The average molecular weight is 425 g/mol. The highest BCUT2D eigenvalue weighted by molar-refractivity contribution is 5.45. The first-order valence-corrected chi connectivity index (χ1v) is 9.77. The second-order valence-electron chi connectivity index (χ2n) is 6.73. The summed E-state index contributed by atoms with van der Waals surface area (Å²) < 4.78 is 11.3. The van der Waals surface area contributed by atoms with E-state index in [2.05, 4.69) is 34.6 Å². The molecule has 0 aliphatic carbocycles. The number of hydrogen-bond donors (Lipinski definition) is 3. The van der Waals surface area contributed by atoms with Crippen molar-refractivity contribution >= 4 is 0 Å². The molecule has 0 atom stereocenters. The fourth-order valence-electron chi connectivity index (χ4n) is 2.82. The molecule has 2 heterocycles. The van der Waals surface area contributed by atoms with Crippen LogP contribution in [0.4, 0.5) is 0 Å². The number of nitrogens with zero attached hydrogens (tertiary/aromatic N) is 1. The Bertz CT molecular complexity index is 1290. The third-order valence-corrected chi connectivity index (χ3v) is 4.39. The van der Waals surface area contributed by atoms with Crippen LogP contribution in [0, 0.1) is 23.7 Å². The molecule has 0 fully saturated rings. The molecule has 0 unspecified atom stereocenters. The van der Waals surface area contributed by atoms with Gasteiger partial charge >= 0.3 is 0 Å². The van der Waals surface area contributed by atoms with Crippen LogP contribution >= 0.6 is 0 Å². The van der Waals surface area contributed by atoms with Crippen molar-refractivity contribution in [2.75, 3.05) is 0 Å². The molecular weight excluding hydrogens is 406 g/mol. The highest BCUT2D eigenvalue weighted by atomic mass is 16.5. The third kappa shape index (κ3) is 5.51. The van der Waals surface area contributed by atoms with Crippen LogP contribution in [0.3, 0.4) is 0 Å². The van der Waals surface area contributed by atoms with Gasteiger partial charge in [-0.3, -0.25) is 9.80 Å². The molecular formula is C25H19N3O4. The molecule has 0 saturated heterocycles. The van der Waals surface area contributed by atoms with E-state index in [1.165, 1.54) is 6.07 Å². The van der Waals surface area contributed by atoms with Crippen molar-refractivity contribution in [1.29, 1.82) is 0 Å². The van der Waals surface area contributed by atoms with E-state index in [-0.39, 0.29) is 12.4 Å². The van der Waals surface area contributed by atoms with Crippen molar-refractivity contribution in [2.45, 2.75) is 13.2 Å². The highest BCUT2D eigenvalue weighted by Crippen LogP contribution is 2.19. The Hall–Kier alpha value is -4.59. The summed E-state index contributed by atoms with van der Waals surface area (Å²) in [5, 5.41) is 11.7. The van der Waals surface area contributed by atoms with E-state index >= 15 is 0 Å². The Balaban J connectivity index is 1.38. The van der Waals surface area contributed by atoms with Gasteiger partial charge in [0.05, 0.1) is 6.54 Å². The number of hydrazine groups is 2. The minimum absolute atomic E-state index is 0.0590. The first-order chi connectivity index (χ1) is 15.7. The largest absolute Gasteiger partial charge is 0.502 e. The van der Waals surface area contributed by atoms with Crippen LogP contribution in [0.15, 0.2) is 82.3 Å². The van der Waals surface area contributed by atoms with E-state index in [9.17, 15) is 9.90 Å². The smallest absolute Gasteiger partial charge is 0.227 e. The maximum absolute atomic E-state index is 12.0. The highest BCUT2D eigenvalue weighted by Gasteiger charge is 2.14. The van der Waals surface area contributed by atoms with Gasteiger partial charge in [-0.2, -0.15) is 0 Å². The zero-order chi connectivity index (χ0) is 22.2. The van der Waals surface area contributed by atoms with Gasteiger partial charge in [-0.15, -0.1) is 5.53 Å². The van der Waals surface area contributed by atoms with Gasteiger partial charge in [0, 0.05) is 29.6 Å². The van der Waals surface area contributed by atoms with E-state index < -0.39 is 11.2 Å². The SMILES string of the molecule is O=c1cc(CN2C=CNN2)oc(COc2ccc(C#CC#Cc3ccccc3)cc2)c1O. The van der Waals surface area contributed by atoms with E-state index in [4.69, 9.17) is 9.15 Å². The lowest BCUT2D eigenvalue weighted by atomic mass is 10.2. The standard InChI is InChI=1S/C25H19N3O4/c29-23-16-22(17-28-15-14-26-27-28)32-24(25(23)30)18-31-21-12-10-20(11-13-21)9-5-4-8-19-6-2-1-3-7-19/h1-3,6-7,10-16,26-27,30H,17-18H2. The predicted molar refractivity (Wildman–Crippen MR) is 119 cm³/mol. The fourth-order valence-corrected chi connectivity index (χ4v) is 2.82. The van der Waals surface area contributed by atoms with Crippen molar-refractivity contribution in [3.05, 3.63) is 106 Å². The first-order valence-electron chi connectivity index (χ1n) is 9.77. The molecule has 1 aliphatic rings. The Morgan fingerprint density at radius 2 is 1.72 bits per heavy atom. The normalized spacial score (nSPS) is 11.7. The van der Waals surface area contributed by atoms with Crippen LogP contribution in [-0.2, 0) is 13.2 Å². The zero-order valence-corrected chi connectivity index (χ0v) is 17.0. The molecule has 32 heavy (non-hydrogen) atoms. The van der Waals surface area contributed by atoms with Gasteiger partial charge in [0.2, 0.25) is 11.2 Å². The summed E-state index contributed by atoms with van der Waals surface area (Å²) in [6, 6.07) is 18.0. The molecule has 2 aromatic carbocycles. The lowest BCUT2D eigenvalue weighted by Crippen LogP contribution is -2.35. The molecule has 3 N–H and O–H groups in total. The molecule has 0 bridgehead atoms. The van der Waals surface area contributed by atoms with Crippen LogP contribution in [0.5, 0.6) is 11.5 Å². The summed E-state index contributed by atoms with van der Waals surface area (Å²) >= 11 is 0. The van der Waals surface area contributed by atoms with Gasteiger partial charge in [0.1, 0.15) is 18.1 Å². The molecule has 158 valence electrons. The Morgan fingerprint density at radius 3 is 2.41 bits per heavy atom. The topological polar surface area (TPSA) is 87.0 Å². The van der Waals surface area contributed by atoms with Crippen LogP contribution < -0.4 is 21.1 Å². The number of aromatic hydroxyl groups is 1. The summed E-state index contributed by atoms with van der Waals surface area (Å²) in [6.07, 6.45) is 3.45. The zero-order valence-electron chi connectivity index (χ0n) is 17.0. The predicted octanol–water partition coefficient (Wildman–Crippen LogP) is 2.62. The van der Waals surface area contributed by atoms with Gasteiger partial charge in [0.15, 0.2) is 5.76 Å². The number of nitrogens with one attached hydrogen (secondary N) is 2. The Kier molecular flexibility index (Phi) is 6.42. The number of hydrogen-bond acceptors (Lipinski definition) is 7. The Labute approximate surface area is 184 Å². The van der Waals surface area contributed by atoms with Gasteiger partial charge < -0.3 is 19.7 Å². The number of ether oxygens (including phenoxy) is 1. The van der Waals surface area contributed by atoms with Gasteiger partial charge in [-0.25, -0.2) is 0 Å². The summed E-state index contributed by atoms with van der Waals surface area (Å²) in [5.41, 5.74) is 6.81. The monoisotopic (exact) mass is 425 g/mol. The molecule has 0 radical (unpaired) electrons. The van der Waals surface area contributed by atoms with E-state index in [0.717, 1.165) is 11.1 Å². The van der Waals surface area contributed by atoms with E-state index in [1.807, 2.05) is 30.3 Å². The Morgan fingerprint density at radius 1 is 1.00 bits per heavy atom. The summed E-state index contributed by atoms with van der Waals surface area (Å²) in [4.78, 5) is 12.0. The van der Waals surface area contributed by atoms with Crippen LogP contribution in [0.2, 0.25) is 0 Å². The second kappa shape index (κ2) is 9.94. The minimum Gasteiger partial charge on any atom is -0.502 e. The molecule has 7 nitrogen and oxygen atoms in total. The van der Waals surface area contributed by atoms with E-state index in [1.54, 1.807) is 41.7 Å².